The average molecular weight is 294 g/mol. The third-order valence-corrected chi connectivity index (χ3v) is 3.27. The number of anilines is 1. The molecule has 0 radical (unpaired) electrons. The Morgan fingerprint density at radius 1 is 1.43 bits per heavy atom. The van der Waals surface area contributed by atoms with Crippen molar-refractivity contribution in [1.29, 1.82) is 0 Å². The zero-order valence-electron chi connectivity index (χ0n) is 12.6. The van der Waals surface area contributed by atoms with Gasteiger partial charge < -0.3 is 10.4 Å². The Morgan fingerprint density at radius 2 is 2.10 bits per heavy atom. The fourth-order valence-electron chi connectivity index (χ4n) is 2.37. The molecule has 6 heteroatoms. The van der Waals surface area contributed by atoms with Gasteiger partial charge in [0.05, 0.1) is 4.92 Å². The normalized spacial score (nSPS) is 12.2. The summed E-state index contributed by atoms with van der Waals surface area (Å²) >= 11 is 0. The lowest BCUT2D eigenvalue weighted by Crippen LogP contribution is -2.20. The first-order valence-electron chi connectivity index (χ1n) is 7.00. The lowest BCUT2D eigenvalue weighted by Gasteiger charge is -2.19. The minimum absolute atomic E-state index is 0.0390. The van der Waals surface area contributed by atoms with E-state index in [2.05, 4.69) is 19.2 Å². The van der Waals surface area contributed by atoms with Crippen LogP contribution >= 0.6 is 0 Å². The van der Waals surface area contributed by atoms with E-state index in [1.165, 1.54) is 12.1 Å². The fraction of sp³-hybridized carbons (Fsp3) is 0.533. The van der Waals surface area contributed by atoms with E-state index < -0.39 is 10.9 Å². The van der Waals surface area contributed by atoms with Gasteiger partial charge in [0.15, 0.2) is 0 Å². The number of aliphatic carboxylic acids is 1. The molecular formula is C15H22N2O4. The number of rotatable bonds is 8. The molecule has 2 N–H and O–H groups in total. The number of non-ortho nitro benzene ring substituents is 1. The van der Waals surface area contributed by atoms with Gasteiger partial charge in [-0.3, -0.25) is 14.9 Å². The average Bonchev–Trinajstić information content (AvgIpc) is 2.35. The van der Waals surface area contributed by atoms with Crippen molar-refractivity contribution in [2.24, 2.45) is 11.8 Å². The van der Waals surface area contributed by atoms with Crippen LogP contribution in [0.15, 0.2) is 18.2 Å². The Kier molecular flexibility index (Phi) is 6.14. The number of hydrogen-bond acceptors (Lipinski definition) is 4. The number of nitro benzene ring substituents is 1. The zero-order chi connectivity index (χ0) is 16.0. The highest BCUT2D eigenvalue weighted by atomic mass is 16.6. The summed E-state index contributed by atoms with van der Waals surface area (Å²) in [6.07, 6.45) is 0.947. The van der Waals surface area contributed by atoms with E-state index in [0.717, 1.165) is 17.7 Å². The molecule has 6 nitrogen and oxygen atoms in total. The highest BCUT2D eigenvalue weighted by molar-refractivity contribution is 5.67. The van der Waals surface area contributed by atoms with Crippen LogP contribution in [0.1, 0.15) is 32.3 Å². The lowest BCUT2D eigenvalue weighted by molar-refractivity contribution is -0.384. The summed E-state index contributed by atoms with van der Waals surface area (Å²) in [5.74, 6) is -0.339. The summed E-state index contributed by atoms with van der Waals surface area (Å²) in [5.41, 5.74) is 1.64. The molecule has 0 fully saturated rings. The van der Waals surface area contributed by atoms with Crippen molar-refractivity contribution in [3.05, 3.63) is 33.9 Å². The minimum Gasteiger partial charge on any atom is -0.481 e. The molecule has 0 amide bonds. The fourth-order valence-corrected chi connectivity index (χ4v) is 2.37. The minimum atomic E-state index is -0.803. The molecule has 0 aliphatic carbocycles. The van der Waals surface area contributed by atoms with Gasteiger partial charge in [-0.05, 0) is 36.8 Å². The van der Waals surface area contributed by atoms with E-state index in [1.54, 1.807) is 13.0 Å². The number of benzene rings is 1. The van der Waals surface area contributed by atoms with Crippen molar-refractivity contribution >= 4 is 17.3 Å². The van der Waals surface area contributed by atoms with Crippen LogP contribution in [-0.4, -0.2) is 22.5 Å². The van der Waals surface area contributed by atoms with Gasteiger partial charge in [0.1, 0.15) is 0 Å². The molecular weight excluding hydrogens is 272 g/mol. The number of hydrogen-bond donors (Lipinski definition) is 2. The number of nitrogens with zero attached hydrogens (tertiary/aromatic N) is 1. The van der Waals surface area contributed by atoms with E-state index in [1.807, 2.05) is 0 Å². The first-order chi connectivity index (χ1) is 9.79. The highest BCUT2D eigenvalue weighted by Gasteiger charge is 2.16. The molecule has 0 aliphatic heterocycles. The molecule has 0 spiro atoms. The summed E-state index contributed by atoms with van der Waals surface area (Å²) in [7, 11) is 0. The third-order valence-electron chi connectivity index (χ3n) is 3.27. The number of carboxylic acids is 1. The van der Waals surface area contributed by atoms with E-state index in [0.29, 0.717) is 12.5 Å². The Balaban J connectivity index is 2.70. The van der Waals surface area contributed by atoms with Crippen molar-refractivity contribution in [3.63, 3.8) is 0 Å². The number of nitrogens with one attached hydrogen (secondary N) is 1. The first-order valence-corrected chi connectivity index (χ1v) is 7.00. The first kappa shape index (κ1) is 16.9. The Bertz CT molecular complexity index is 514. The number of carboxylic acid groups (broad SMARTS) is 1. The van der Waals surface area contributed by atoms with Gasteiger partial charge >= 0.3 is 5.97 Å². The van der Waals surface area contributed by atoms with Crippen molar-refractivity contribution in [1.82, 2.24) is 0 Å². The molecule has 21 heavy (non-hydrogen) atoms. The second-order valence-electron chi connectivity index (χ2n) is 5.73. The standard InChI is InChI=1S/C15H22N2O4/c1-10(2)6-12(8-15(18)19)9-16-14-5-4-13(17(20)21)7-11(14)3/h4-5,7,10,12,16H,6,8-9H2,1-3H3,(H,18,19). The summed E-state index contributed by atoms with van der Waals surface area (Å²) in [4.78, 5) is 21.2. The molecule has 0 bridgehead atoms. The predicted octanol–water partition coefficient (Wildman–Crippen LogP) is 3.45. The monoisotopic (exact) mass is 294 g/mol. The van der Waals surface area contributed by atoms with Crippen molar-refractivity contribution in [2.75, 3.05) is 11.9 Å². The van der Waals surface area contributed by atoms with Crippen LogP contribution < -0.4 is 5.32 Å². The van der Waals surface area contributed by atoms with Crippen molar-refractivity contribution in [3.8, 4) is 0 Å². The third kappa shape index (κ3) is 5.81. The van der Waals surface area contributed by atoms with Crippen molar-refractivity contribution < 1.29 is 14.8 Å². The molecule has 1 aromatic rings. The molecule has 0 heterocycles. The smallest absolute Gasteiger partial charge is 0.303 e. The lowest BCUT2D eigenvalue weighted by atomic mass is 9.94. The zero-order valence-corrected chi connectivity index (χ0v) is 12.6. The van der Waals surface area contributed by atoms with E-state index >= 15 is 0 Å². The molecule has 0 aromatic heterocycles. The number of carbonyl (C=O) groups is 1. The molecule has 1 rings (SSSR count). The van der Waals surface area contributed by atoms with Crippen LogP contribution in [0.25, 0.3) is 0 Å². The summed E-state index contributed by atoms with van der Waals surface area (Å²) < 4.78 is 0. The van der Waals surface area contributed by atoms with E-state index in [9.17, 15) is 14.9 Å². The predicted molar refractivity (Wildman–Crippen MR) is 81.5 cm³/mol. The molecule has 1 aromatic carbocycles. The van der Waals surface area contributed by atoms with Gasteiger partial charge in [0, 0.05) is 30.8 Å². The van der Waals surface area contributed by atoms with Crippen LogP contribution in [0.3, 0.4) is 0 Å². The Morgan fingerprint density at radius 3 is 2.57 bits per heavy atom. The van der Waals surface area contributed by atoms with Gasteiger partial charge in [-0.2, -0.15) is 0 Å². The molecule has 1 unspecified atom stereocenters. The second kappa shape index (κ2) is 7.61. The molecule has 116 valence electrons. The molecule has 1 atom stereocenters. The van der Waals surface area contributed by atoms with E-state index in [-0.39, 0.29) is 18.0 Å². The van der Waals surface area contributed by atoms with Crippen LogP contribution in [0, 0.1) is 28.9 Å². The highest BCUT2D eigenvalue weighted by Crippen LogP contribution is 2.23. The number of nitro groups is 1. The van der Waals surface area contributed by atoms with Gasteiger partial charge in [0.2, 0.25) is 0 Å². The molecule has 0 aliphatic rings. The summed E-state index contributed by atoms with van der Waals surface area (Å²) in [6.45, 7) is 6.46. The van der Waals surface area contributed by atoms with Gasteiger partial charge in [0.25, 0.3) is 5.69 Å². The number of aryl methyl sites for hydroxylation is 1. The van der Waals surface area contributed by atoms with E-state index in [4.69, 9.17) is 5.11 Å². The van der Waals surface area contributed by atoms with Crippen LogP contribution in [0.2, 0.25) is 0 Å². The quantitative estimate of drug-likeness (QED) is 0.566. The van der Waals surface area contributed by atoms with Gasteiger partial charge in [-0.25, -0.2) is 0 Å². The van der Waals surface area contributed by atoms with Crippen LogP contribution in [-0.2, 0) is 4.79 Å². The van der Waals surface area contributed by atoms with Gasteiger partial charge in [-0.15, -0.1) is 0 Å². The largest absolute Gasteiger partial charge is 0.481 e. The maximum absolute atomic E-state index is 10.9. The maximum atomic E-state index is 10.9. The van der Waals surface area contributed by atoms with Gasteiger partial charge in [-0.1, -0.05) is 13.8 Å². The van der Waals surface area contributed by atoms with Crippen LogP contribution in [0.5, 0.6) is 0 Å². The SMILES string of the molecule is Cc1cc([N+](=O)[O-])ccc1NCC(CC(=O)O)CC(C)C. The molecule has 0 saturated carbocycles. The molecule has 0 saturated heterocycles. The topological polar surface area (TPSA) is 92.5 Å². The summed E-state index contributed by atoms with van der Waals surface area (Å²) in [5, 5.41) is 22.8. The Labute approximate surface area is 124 Å². The second-order valence-corrected chi connectivity index (χ2v) is 5.73. The maximum Gasteiger partial charge on any atom is 0.303 e. The summed E-state index contributed by atoms with van der Waals surface area (Å²) in [6, 6.07) is 4.63. The van der Waals surface area contributed by atoms with Crippen molar-refractivity contribution in [2.45, 2.75) is 33.6 Å². The van der Waals surface area contributed by atoms with Crippen LogP contribution in [0.4, 0.5) is 11.4 Å². The Hall–Kier alpha value is -2.11.